The predicted octanol–water partition coefficient (Wildman–Crippen LogP) is 5.33. The number of hydrogen-bond acceptors (Lipinski definition) is 0. The lowest BCUT2D eigenvalue weighted by atomic mass is 9.93. The van der Waals surface area contributed by atoms with Crippen LogP contribution in [0, 0.1) is 0 Å². The molecule has 0 aliphatic rings. The second-order valence-electron chi connectivity index (χ2n) is 4.25. The zero-order valence-electron chi connectivity index (χ0n) is 11.2. The van der Waals surface area contributed by atoms with Crippen LogP contribution in [0.4, 0.5) is 0 Å². The summed E-state index contributed by atoms with van der Waals surface area (Å²) in [5.41, 5.74) is 5.14. The molecule has 0 N–H and O–H groups in total. The van der Waals surface area contributed by atoms with Crippen LogP contribution in [0.3, 0.4) is 0 Å². The molecule has 0 unspecified atom stereocenters. The smallest absolute Gasteiger partial charge is 0.0154 e. The third kappa shape index (κ3) is 3.74. The minimum absolute atomic E-state index is 0.912. The molecule has 1 rings (SSSR count). The fourth-order valence-corrected chi connectivity index (χ4v) is 1.65. The van der Waals surface area contributed by atoms with Gasteiger partial charge in [-0.05, 0) is 36.1 Å². The summed E-state index contributed by atoms with van der Waals surface area (Å²) in [4.78, 5) is 0. The van der Waals surface area contributed by atoms with E-state index in [2.05, 4.69) is 37.9 Å². The quantitative estimate of drug-likeness (QED) is 0.606. The number of benzene rings is 1. The van der Waals surface area contributed by atoms with Crippen molar-refractivity contribution in [3.05, 3.63) is 90.6 Å². The first-order valence-corrected chi connectivity index (χ1v) is 6.00. The highest BCUT2D eigenvalue weighted by Gasteiger charge is 2.05. The zero-order chi connectivity index (χ0) is 13.5. The van der Waals surface area contributed by atoms with Crippen LogP contribution in [0.5, 0.6) is 0 Å². The minimum atomic E-state index is 0.912. The van der Waals surface area contributed by atoms with Crippen molar-refractivity contribution in [1.29, 1.82) is 0 Å². The van der Waals surface area contributed by atoms with Crippen LogP contribution in [0.2, 0.25) is 0 Å². The Balaban J connectivity index is 2.95. The van der Waals surface area contributed by atoms with Crippen LogP contribution in [0.1, 0.15) is 19.4 Å². The molecule has 0 fully saturated rings. The standard InChI is InChI=1S/C18H20/c1-6-18(17-10-8-7-9-11-17)16(5)15(4)13-12-14(2)3/h6-13H,2,4-5H2,1,3H3/b13-12-,18-6+. The average Bonchev–Trinajstić information content (AvgIpc) is 2.38. The van der Waals surface area contributed by atoms with Crippen LogP contribution in [-0.4, -0.2) is 0 Å². The molecule has 0 nitrogen and oxygen atoms in total. The molecule has 0 heterocycles. The van der Waals surface area contributed by atoms with Crippen molar-refractivity contribution in [2.45, 2.75) is 13.8 Å². The van der Waals surface area contributed by atoms with Crippen molar-refractivity contribution in [3.8, 4) is 0 Å². The highest BCUT2D eigenvalue weighted by Crippen LogP contribution is 2.26. The van der Waals surface area contributed by atoms with Gasteiger partial charge in [-0.1, -0.05) is 73.9 Å². The second-order valence-corrected chi connectivity index (χ2v) is 4.25. The molecular weight excluding hydrogens is 216 g/mol. The second kappa shape index (κ2) is 6.61. The highest BCUT2D eigenvalue weighted by atomic mass is 14.1. The molecule has 0 atom stereocenters. The summed E-state index contributed by atoms with van der Waals surface area (Å²) in [5, 5.41) is 0. The van der Waals surface area contributed by atoms with E-state index in [9.17, 15) is 0 Å². The number of hydrogen-bond donors (Lipinski definition) is 0. The van der Waals surface area contributed by atoms with Gasteiger partial charge in [-0.15, -0.1) is 0 Å². The summed E-state index contributed by atoms with van der Waals surface area (Å²) in [5.74, 6) is 0. The monoisotopic (exact) mass is 236 g/mol. The van der Waals surface area contributed by atoms with Gasteiger partial charge in [0.2, 0.25) is 0 Å². The maximum atomic E-state index is 4.13. The largest absolute Gasteiger partial charge is 0.0961 e. The van der Waals surface area contributed by atoms with Gasteiger partial charge in [0.25, 0.3) is 0 Å². The first-order valence-electron chi connectivity index (χ1n) is 6.00. The van der Waals surface area contributed by atoms with E-state index in [1.165, 1.54) is 0 Å². The lowest BCUT2D eigenvalue weighted by Gasteiger charge is -2.11. The summed E-state index contributed by atoms with van der Waals surface area (Å²) < 4.78 is 0. The van der Waals surface area contributed by atoms with Gasteiger partial charge in [0, 0.05) is 0 Å². The minimum Gasteiger partial charge on any atom is -0.0961 e. The van der Waals surface area contributed by atoms with Crippen molar-refractivity contribution in [2.24, 2.45) is 0 Å². The highest BCUT2D eigenvalue weighted by molar-refractivity contribution is 5.83. The van der Waals surface area contributed by atoms with Crippen LogP contribution in [-0.2, 0) is 0 Å². The van der Waals surface area contributed by atoms with Gasteiger partial charge in [-0.2, -0.15) is 0 Å². The number of allylic oxidation sites excluding steroid dienone is 7. The molecule has 0 amide bonds. The molecule has 0 saturated carbocycles. The molecule has 0 bridgehead atoms. The van der Waals surface area contributed by atoms with E-state index in [0.717, 1.165) is 27.9 Å². The Hall–Kier alpha value is -2.08. The third-order valence-corrected chi connectivity index (χ3v) is 2.66. The Bertz CT molecular complexity index is 510. The Morgan fingerprint density at radius 1 is 1.00 bits per heavy atom. The lowest BCUT2D eigenvalue weighted by Crippen LogP contribution is -1.90. The van der Waals surface area contributed by atoms with Crippen LogP contribution < -0.4 is 0 Å². The average molecular weight is 236 g/mol. The van der Waals surface area contributed by atoms with Crippen LogP contribution in [0.25, 0.3) is 5.57 Å². The summed E-state index contributed by atoms with van der Waals surface area (Å²) in [7, 11) is 0. The van der Waals surface area contributed by atoms with Crippen molar-refractivity contribution in [3.63, 3.8) is 0 Å². The van der Waals surface area contributed by atoms with Gasteiger partial charge in [0.1, 0.15) is 0 Å². The van der Waals surface area contributed by atoms with Crippen molar-refractivity contribution in [2.75, 3.05) is 0 Å². The normalized spacial score (nSPS) is 11.6. The Morgan fingerprint density at radius 3 is 2.11 bits per heavy atom. The van der Waals surface area contributed by atoms with Crippen molar-refractivity contribution < 1.29 is 0 Å². The molecule has 0 aliphatic heterocycles. The molecule has 0 aromatic heterocycles. The first kappa shape index (κ1) is 14.0. The molecule has 18 heavy (non-hydrogen) atoms. The van der Waals surface area contributed by atoms with Gasteiger partial charge in [-0.3, -0.25) is 0 Å². The van der Waals surface area contributed by atoms with E-state index < -0.39 is 0 Å². The summed E-state index contributed by atoms with van der Waals surface area (Å²) in [6.45, 7) is 16.0. The van der Waals surface area contributed by atoms with E-state index in [4.69, 9.17) is 0 Å². The molecule has 92 valence electrons. The molecule has 0 saturated heterocycles. The lowest BCUT2D eigenvalue weighted by molar-refractivity contribution is 1.50. The van der Waals surface area contributed by atoms with Gasteiger partial charge >= 0.3 is 0 Å². The molecule has 0 spiro atoms. The van der Waals surface area contributed by atoms with E-state index >= 15 is 0 Å². The maximum Gasteiger partial charge on any atom is -0.0154 e. The summed E-state index contributed by atoms with van der Waals surface area (Å²) >= 11 is 0. The molecule has 0 aliphatic carbocycles. The number of rotatable bonds is 5. The van der Waals surface area contributed by atoms with Crippen molar-refractivity contribution >= 4 is 5.57 Å². The van der Waals surface area contributed by atoms with E-state index in [1.807, 2.05) is 44.2 Å². The van der Waals surface area contributed by atoms with Gasteiger partial charge in [0.15, 0.2) is 0 Å². The van der Waals surface area contributed by atoms with E-state index in [1.54, 1.807) is 0 Å². The predicted molar refractivity (Wildman–Crippen MR) is 82.3 cm³/mol. The van der Waals surface area contributed by atoms with Gasteiger partial charge < -0.3 is 0 Å². The fourth-order valence-electron chi connectivity index (χ4n) is 1.65. The SMILES string of the molecule is C=C(C)/C=C\C(=C)C(=C)/C(=C\C)c1ccccc1. The molecular formula is C18H20. The Kier molecular flexibility index (Phi) is 5.13. The molecule has 0 heteroatoms. The maximum absolute atomic E-state index is 4.13. The zero-order valence-corrected chi connectivity index (χ0v) is 11.2. The molecule has 1 aromatic rings. The van der Waals surface area contributed by atoms with Crippen LogP contribution in [0.15, 0.2) is 85.0 Å². The summed E-state index contributed by atoms with van der Waals surface area (Å²) in [6.07, 6.45) is 5.97. The Morgan fingerprint density at radius 2 is 1.61 bits per heavy atom. The van der Waals surface area contributed by atoms with Crippen LogP contribution >= 0.6 is 0 Å². The Labute approximate surface area is 110 Å². The van der Waals surface area contributed by atoms with E-state index in [-0.39, 0.29) is 0 Å². The fraction of sp³-hybridized carbons (Fsp3) is 0.111. The summed E-state index contributed by atoms with van der Waals surface area (Å²) in [6, 6.07) is 10.2. The molecule has 1 aromatic carbocycles. The van der Waals surface area contributed by atoms with Gasteiger partial charge in [-0.25, -0.2) is 0 Å². The third-order valence-electron chi connectivity index (χ3n) is 2.66. The van der Waals surface area contributed by atoms with Gasteiger partial charge in [0.05, 0.1) is 0 Å². The van der Waals surface area contributed by atoms with E-state index in [0.29, 0.717) is 0 Å². The van der Waals surface area contributed by atoms with Crippen molar-refractivity contribution in [1.82, 2.24) is 0 Å². The first-order chi connectivity index (χ1) is 8.56. The topological polar surface area (TPSA) is 0 Å². The molecule has 0 radical (unpaired) electrons.